The van der Waals surface area contributed by atoms with Gasteiger partial charge in [0.15, 0.2) is 5.78 Å². The molecule has 0 atom stereocenters. The number of ketones is 1. The average Bonchev–Trinajstić information content (AvgIpc) is 2.95. The summed E-state index contributed by atoms with van der Waals surface area (Å²) < 4.78 is 18.2. The Kier molecular flexibility index (Phi) is 4.91. The number of aromatic nitrogens is 2. The molecule has 0 unspecified atom stereocenters. The van der Waals surface area contributed by atoms with Crippen LogP contribution in [-0.4, -0.2) is 21.7 Å². The van der Waals surface area contributed by atoms with Crippen LogP contribution in [0.15, 0.2) is 45.2 Å². The number of nitrogens with two attached hydrogens (primary N) is 1. The predicted molar refractivity (Wildman–Crippen MR) is 77.9 cm³/mol. The number of allylic oxidation sites excluding steroid dienone is 2. The average molecular weight is 318 g/mol. The maximum atomic E-state index is 12.8. The molecule has 2 aromatic rings. The highest BCUT2D eigenvalue weighted by molar-refractivity contribution is 7.99. The summed E-state index contributed by atoms with van der Waals surface area (Å²) in [6.45, 7) is 1.49. The van der Waals surface area contributed by atoms with Crippen LogP contribution >= 0.6 is 11.8 Å². The number of nitriles is 1. The van der Waals surface area contributed by atoms with E-state index < -0.39 is 5.78 Å². The number of hydrogen-bond donors (Lipinski definition) is 1. The van der Waals surface area contributed by atoms with Crippen molar-refractivity contribution >= 4 is 17.5 Å². The highest BCUT2D eigenvalue weighted by Gasteiger charge is 2.15. The highest BCUT2D eigenvalue weighted by Crippen LogP contribution is 2.23. The number of rotatable bonds is 5. The number of nitrogens with zero attached hydrogens (tertiary/aromatic N) is 3. The van der Waals surface area contributed by atoms with E-state index in [1.165, 1.54) is 31.2 Å². The molecular formula is C14H11FN4O2S. The Hall–Kier alpha value is -2.66. The van der Waals surface area contributed by atoms with Gasteiger partial charge in [0.1, 0.15) is 17.5 Å². The number of thioether (sulfide) groups is 1. The second-order valence-corrected chi connectivity index (χ2v) is 5.19. The van der Waals surface area contributed by atoms with Crippen LogP contribution in [0, 0.1) is 17.1 Å². The summed E-state index contributed by atoms with van der Waals surface area (Å²) in [6, 6.07) is 7.35. The lowest BCUT2D eigenvalue weighted by molar-refractivity contribution is -0.112. The second kappa shape index (κ2) is 6.87. The van der Waals surface area contributed by atoms with Crippen LogP contribution in [0.25, 0.3) is 11.5 Å². The summed E-state index contributed by atoms with van der Waals surface area (Å²) in [6.07, 6.45) is 0. The highest BCUT2D eigenvalue weighted by atomic mass is 32.2. The van der Waals surface area contributed by atoms with Gasteiger partial charge >= 0.3 is 0 Å². The molecule has 6 nitrogen and oxygen atoms in total. The van der Waals surface area contributed by atoms with Crippen molar-refractivity contribution in [1.82, 2.24) is 10.2 Å². The Morgan fingerprint density at radius 1 is 1.41 bits per heavy atom. The number of halogens is 1. The van der Waals surface area contributed by atoms with Crippen molar-refractivity contribution in [3.05, 3.63) is 41.4 Å². The number of Topliss-reactive ketones (excluding diaryl/α,β-unsaturated/α-hetero) is 1. The lowest BCUT2D eigenvalue weighted by Gasteiger charge is -1.98. The molecule has 0 spiro atoms. The third kappa shape index (κ3) is 3.71. The molecule has 1 aromatic carbocycles. The van der Waals surface area contributed by atoms with Gasteiger partial charge in [-0.3, -0.25) is 4.79 Å². The van der Waals surface area contributed by atoms with Gasteiger partial charge in [0.25, 0.3) is 5.22 Å². The Morgan fingerprint density at radius 2 is 2.09 bits per heavy atom. The van der Waals surface area contributed by atoms with Gasteiger partial charge in [-0.1, -0.05) is 11.8 Å². The van der Waals surface area contributed by atoms with Crippen molar-refractivity contribution < 1.29 is 13.6 Å². The molecule has 112 valence electrons. The molecule has 0 fully saturated rings. The second-order valence-electron chi connectivity index (χ2n) is 4.26. The van der Waals surface area contributed by atoms with E-state index in [0.29, 0.717) is 5.56 Å². The number of hydrogen-bond acceptors (Lipinski definition) is 7. The molecule has 0 amide bonds. The van der Waals surface area contributed by atoms with Gasteiger partial charge < -0.3 is 10.2 Å². The topological polar surface area (TPSA) is 106 Å². The molecule has 0 bridgehead atoms. The summed E-state index contributed by atoms with van der Waals surface area (Å²) in [7, 11) is 0. The maximum absolute atomic E-state index is 12.8. The fourth-order valence-corrected chi connectivity index (χ4v) is 2.18. The monoisotopic (exact) mass is 318 g/mol. The first-order chi connectivity index (χ1) is 10.5. The van der Waals surface area contributed by atoms with Crippen LogP contribution in [-0.2, 0) is 4.79 Å². The Morgan fingerprint density at radius 3 is 2.68 bits per heavy atom. The molecule has 22 heavy (non-hydrogen) atoms. The number of carbonyl (C=O) groups is 1. The minimum atomic E-state index is -0.408. The fourth-order valence-electron chi connectivity index (χ4n) is 1.55. The van der Waals surface area contributed by atoms with Crippen LogP contribution in [0.4, 0.5) is 4.39 Å². The standard InChI is InChI=1S/C14H11FN4O2S/c1-8(17)11(6-16)12(20)7-22-14-19-18-13(21-14)9-2-4-10(15)5-3-9/h2-5H,7,17H2,1H3. The normalized spacial score (nSPS) is 11.7. The summed E-state index contributed by atoms with van der Waals surface area (Å²) in [5.41, 5.74) is 6.12. The molecule has 0 aliphatic carbocycles. The fraction of sp³-hybridized carbons (Fsp3) is 0.143. The van der Waals surface area contributed by atoms with E-state index in [0.717, 1.165) is 11.8 Å². The van der Waals surface area contributed by atoms with Crippen molar-refractivity contribution in [2.75, 3.05) is 5.75 Å². The molecule has 8 heteroatoms. The number of benzene rings is 1. The first kappa shape index (κ1) is 15.7. The van der Waals surface area contributed by atoms with E-state index in [1.807, 2.05) is 0 Å². The Labute approximate surface area is 129 Å². The third-order valence-corrected chi connectivity index (χ3v) is 3.43. The van der Waals surface area contributed by atoms with Crippen molar-refractivity contribution in [3.8, 4) is 17.5 Å². The van der Waals surface area contributed by atoms with Gasteiger partial charge in [-0.05, 0) is 31.2 Å². The molecule has 1 heterocycles. The van der Waals surface area contributed by atoms with Gasteiger partial charge in [-0.2, -0.15) is 5.26 Å². The summed E-state index contributed by atoms with van der Waals surface area (Å²) in [4.78, 5) is 11.8. The molecule has 2 N–H and O–H groups in total. The summed E-state index contributed by atoms with van der Waals surface area (Å²) >= 11 is 1.00. The van der Waals surface area contributed by atoms with Crippen LogP contribution in [0.3, 0.4) is 0 Å². The van der Waals surface area contributed by atoms with E-state index in [1.54, 1.807) is 6.07 Å². The third-order valence-electron chi connectivity index (χ3n) is 2.61. The van der Waals surface area contributed by atoms with Crippen molar-refractivity contribution in [3.63, 3.8) is 0 Å². The Bertz CT molecular complexity index is 758. The lowest BCUT2D eigenvalue weighted by atomic mass is 10.2. The van der Waals surface area contributed by atoms with Gasteiger partial charge in [0.2, 0.25) is 5.89 Å². The molecule has 1 aromatic heterocycles. The van der Waals surface area contributed by atoms with Crippen molar-refractivity contribution in [2.45, 2.75) is 12.1 Å². The SMILES string of the molecule is CC(N)=C(C#N)C(=O)CSc1nnc(-c2ccc(F)cc2)o1. The Balaban J connectivity index is 2.04. The minimum Gasteiger partial charge on any atom is -0.411 e. The van der Waals surface area contributed by atoms with Crippen LogP contribution in [0.5, 0.6) is 0 Å². The molecule has 0 aliphatic heterocycles. The smallest absolute Gasteiger partial charge is 0.277 e. The van der Waals surface area contributed by atoms with E-state index in [-0.39, 0.29) is 34.0 Å². The molecule has 2 rings (SSSR count). The first-order valence-corrected chi connectivity index (χ1v) is 7.11. The quantitative estimate of drug-likeness (QED) is 0.512. The van der Waals surface area contributed by atoms with Gasteiger partial charge in [0, 0.05) is 11.3 Å². The van der Waals surface area contributed by atoms with Crippen molar-refractivity contribution in [2.24, 2.45) is 5.73 Å². The van der Waals surface area contributed by atoms with Crippen molar-refractivity contribution in [1.29, 1.82) is 5.26 Å². The first-order valence-electron chi connectivity index (χ1n) is 6.13. The molecule has 0 aliphatic rings. The van der Waals surface area contributed by atoms with E-state index in [4.69, 9.17) is 15.4 Å². The van der Waals surface area contributed by atoms with Gasteiger partial charge in [0.05, 0.1) is 5.75 Å². The maximum Gasteiger partial charge on any atom is 0.277 e. The zero-order valence-corrected chi connectivity index (χ0v) is 12.4. The minimum absolute atomic E-state index is 0.0392. The van der Waals surface area contributed by atoms with E-state index in [9.17, 15) is 9.18 Å². The van der Waals surface area contributed by atoms with Gasteiger partial charge in [-0.25, -0.2) is 4.39 Å². The van der Waals surface area contributed by atoms with Crippen LogP contribution in [0.1, 0.15) is 6.92 Å². The summed E-state index contributed by atoms with van der Waals surface area (Å²) in [5.74, 6) is -0.589. The largest absolute Gasteiger partial charge is 0.411 e. The number of carbonyl (C=O) groups excluding carboxylic acids is 1. The zero-order chi connectivity index (χ0) is 16.1. The lowest BCUT2D eigenvalue weighted by Crippen LogP contribution is -2.10. The molecule has 0 saturated carbocycles. The van der Waals surface area contributed by atoms with Crippen LogP contribution < -0.4 is 5.73 Å². The van der Waals surface area contributed by atoms with Crippen LogP contribution in [0.2, 0.25) is 0 Å². The zero-order valence-electron chi connectivity index (χ0n) is 11.5. The van der Waals surface area contributed by atoms with Gasteiger partial charge in [-0.15, -0.1) is 10.2 Å². The van der Waals surface area contributed by atoms with E-state index in [2.05, 4.69) is 10.2 Å². The molecular weight excluding hydrogens is 307 g/mol. The summed E-state index contributed by atoms with van der Waals surface area (Å²) in [5, 5.41) is 16.6. The van der Waals surface area contributed by atoms with E-state index >= 15 is 0 Å². The molecule has 0 saturated heterocycles. The molecule has 0 radical (unpaired) electrons. The predicted octanol–water partition coefficient (Wildman–Crippen LogP) is 2.29.